The van der Waals surface area contributed by atoms with Crippen molar-refractivity contribution in [3.05, 3.63) is 29.8 Å². The van der Waals surface area contributed by atoms with Crippen LogP contribution >= 0.6 is 0 Å². The van der Waals surface area contributed by atoms with Crippen LogP contribution in [0.2, 0.25) is 0 Å². The third-order valence-electron chi connectivity index (χ3n) is 3.66. The fourth-order valence-electron chi connectivity index (χ4n) is 2.43. The molecule has 0 saturated carbocycles. The van der Waals surface area contributed by atoms with E-state index in [4.69, 9.17) is 9.47 Å². The molecule has 0 aliphatic carbocycles. The molecule has 1 N–H and O–H groups in total. The number of hydrogen-bond acceptors (Lipinski definition) is 3. The summed E-state index contributed by atoms with van der Waals surface area (Å²) in [5.41, 5.74) is 1.23. The van der Waals surface area contributed by atoms with Gasteiger partial charge in [-0.25, -0.2) is 0 Å². The standard InChI is InChI=1S/C15H23NO2/c1-12(14-5-3-4-6-15(14)17-2)16-11-13-7-9-18-10-8-13/h3-6,12-13,16H,7-11H2,1-2H3. The highest BCUT2D eigenvalue weighted by molar-refractivity contribution is 5.35. The first-order chi connectivity index (χ1) is 8.81. The van der Waals surface area contributed by atoms with Crippen molar-refractivity contribution in [2.75, 3.05) is 26.9 Å². The van der Waals surface area contributed by atoms with Gasteiger partial charge in [-0.1, -0.05) is 18.2 Å². The number of para-hydroxylation sites is 1. The maximum atomic E-state index is 5.40. The molecule has 18 heavy (non-hydrogen) atoms. The molecular formula is C15H23NO2. The molecule has 1 saturated heterocycles. The largest absolute Gasteiger partial charge is 0.496 e. The smallest absolute Gasteiger partial charge is 0.123 e. The number of benzene rings is 1. The molecule has 1 aliphatic heterocycles. The minimum absolute atomic E-state index is 0.323. The summed E-state index contributed by atoms with van der Waals surface area (Å²) in [6, 6.07) is 8.53. The summed E-state index contributed by atoms with van der Waals surface area (Å²) < 4.78 is 10.8. The molecule has 1 heterocycles. The molecule has 1 aliphatic rings. The van der Waals surface area contributed by atoms with Gasteiger partial charge in [-0.05, 0) is 38.3 Å². The van der Waals surface area contributed by atoms with Crippen molar-refractivity contribution in [2.45, 2.75) is 25.8 Å². The molecule has 3 heteroatoms. The van der Waals surface area contributed by atoms with Crippen LogP contribution in [-0.2, 0) is 4.74 Å². The van der Waals surface area contributed by atoms with Crippen LogP contribution in [0.5, 0.6) is 5.75 Å². The molecule has 1 atom stereocenters. The van der Waals surface area contributed by atoms with Gasteiger partial charge in [0, 0.05) is 24.8 Å². The summed E-state index contributed by atoms with van der Waals surface area (Å²) in [6.07, 6.45) is 2.34. The van der Waals surface area contributed by atoms with Gasteiger partial charge in [-0.3, -0.25) is 0 Å². The molecule has 1 unspecified atom stereocenters. The Morgan fingerprint density at radius 1 is 1.33 bits per heavy atom. The Labute approximate surface area is 109 Å². The van der Waals surface area contributed by atoms with E-state index >= 15 is 0 Å². The highest BCUT2D eigenvalue weighted by atomic mass is 16.5. The first kappa shape index (κ1) is 13.4. The monoisotopic (exact) mass is 249 g/mol. The lowest BCUT2D eigenvalue weighted by atomic mass is 9.99. The van der Waals surface area contributed by atoms with Gasteiger partial charge in [0.15, 0.2) is 0 Å². The third kappa shape index (κ3) is 3.47. The lowest BCUT2D eigenvalue weighted by molar-refractivity contribution is 0.0656. The van der Waals surface area contributed by atoms with Crippen LogP contribution in [0.4, 0.5) is 0 Å². The summed E-state index contributed by atoms with van der Waals surface area (Å²) in [4.78, 5) is 0. The molecule has 1 aromatic carbocycles. The van der Waals surface area contributed by atoms with E-state index in [1.54, 1.807) is 7.11 Å². The number of ether oxygens (including phenoxy) is 2. The Morgan fingerprint density at radius 2 is 2.06 bits per heavy atom. The molecule has 1 fully saturated rings. The van der Waals surface area contributed by atoms with Crippen LogP contribution in [0.1, 0.15) is 31.4 Å². The lowest BCUT2D eigenvalue weighted by Gasteiger charge is -2.25. The van der Waals surface area contributed by atoms with Crippen LogP contribution in [0, 0.1) is 5.92 Å². The van der Waals surface area contributed by atoms with E-state index in [0.29, 0.717) is 6.04 Å². The zero-order valence-electron chi connectivity index (χ0n) is 11.3. The number of methoxy groups -OCH3 is 1. The maximum absolute atomic E-state index is 5.40. The van der Waals surface area contributed by atoms with Crippen molar-refractivity contribution in [2.24, 2.45) is 5.92 Å². The summed E-state index contributed by atoms with van der Waals surface area (Å²) in [7, 11) is 1.73. The van der Waals surface area contributed by atoms with Gasteiger partial charge in [0.1, 0.15) is 5.75 Å². The Bertz CT molecular complexity index is 361. The second kappa shape index (κ2) is 6.76. The van der Waals surface area contributed by atoms with Crippen LogP contribution in [0.25, 0.3) is 0 Å². The molecule has 0 bridgehead atoms. The normalized spacial score (nSPS) is 18.6. The summed E-state index contributed by atoms with van der Waals surface area (Å²) >= 11 is 0. The number of rotatable bonds is 5. The van der Waals surface area contributed by atoms with E-state index in [2.05, 4.69) is 24.4 Å². The molecule has 3 nitrogen and oxygen atoms in total. The van der Waals surface area contributed by atoms with Crippen molar-refractivity contribution in [3.63, 3.8) is 0 Å². The molecule has 0 aromatic heterocycles. The SMILES string of the molecule is COc1ccccc1C(C)NCC1CCOCC1. The van der Waals surface area contributed by atoms with Gasteiger partial charge in [0.05, 0.1) is 7.11 Å². The Balaban J connectivity index is 1.88. The lowest BCUT2D eigenvalue weighted by Crippen LogP contribution is -2.29. The average molecular weight is 249 g/mol. The second-order valence-electron chi connectivity index (χ2n) is 4.93. The first-order valence-corrected chi connectivity index (χ1v) is 6.75. The van der Waals surface area contributed by atoms with Gasteiger partial charge in [0.2, 0.25) is 0 Å². The predicted molar refractivity (Wildman–Crippen MR) is 73.0 cm³/mol. The van der Waals surface area contributed by atoms with Gasteiger partial charge < -0.3 is 14.8 Å². The Hall–Kier alpha value is -1.06. The minimum Gasteiger partial charge on any atom is -0.496 e. The topological polar surface area (TPSA) is 30.5 Å². The fraction of sp³-hybridized carbons (Fsp3) is 0.600. The average Bonchev–Trinajstić information content (AvgIpc) is 2.45. The van der Waals surface area contributed by atoms with Gasteiger partial charge >= 0.3 is 0 Å². The molecule has 0 amide bonds. The second-order valence-corrected chi connectivity index (χ2v) is 4.93. The zero-order chi connectivity index (χ0) is 12.8. The zero-order valence-corrected chi connectivity index (χ0v) is 11.3. The van der Waals surface area contributed by atoms with Crippen molar-refractivity contribution in [1.29, 1.82) is 0 Å². The van der Waals surface area contributed by atoms with E-state index in [-0.39, 0.29) is 0 Å². The molecular weight excluding hydrogens is 226 g/mol. The highest BCUT2D eigenvalue weighted by Crippen LogP contribution is 2.25. The van der Waals surface area contributed by atoms with E-state index in [1.165, 1.54) is 18.4 Å². The first-order valence-electron chi connectivity index (χ1n) is 6.75. The van der Waals surface area contributed by atoms with Crippen molar-refractivity contribution in [1.82, 2.24) is 5.32 Å². The predicted octanol–water partition coefficient (Wildman–Crippen LogP) is 2.77. The summed E-state index contributed by atoms with van der Waals surface area (Å²) in [6.45, 7) is 5.07. The molecule has 100 valence electrons. The van der Waals surface area contributed by atoms with E-state index in [0.717, 1.165) is 31.4 Å². The molecule has 0 radical (unpaired) electrons. The molecule has 0 spiro atoms. The summed E-state index contributed by atoms with van der Waals surface area (Å²) in [5.74, 6) is 1.71. The Morgan fingerprint density at radius 3 is 2.78 bits per heavy atom. The van der Waals surface area contributed by atoms with Crippen molar-refractivity contribution >= 4 is 0 Å². The molecule has 1 aromatic rings. The minimum atomic E-state index is 0.323. The third-order valence-corrected chi connectivity index (χ3v) is 3.66. The number of hydrogen-bond donors (Lipinski definition) is 1. The Kier molecular flexibility index (Phi) is 5.02. The number of nitrogens with one attached hydrogen (secondary N) is 1. The van der Waals surface area contributed by atoms with Gasteiger partial charge in [-0.15, -0.1) is 0 Å². The van der Waals surface area contributed by atoms with Crippen molar-refractivity contribution in [3.8, 4) is 5.75 Å². The maximum Gasteiger partial charge on any atom is 0.123 e. The highest BCUT2D eigenvalue weighted by Gasteiger charge is 2.16. The van der Waals surface area contributed by atoms with Crippen LogP contribution in [0.3, 0.4) is 0 Å². The van der Waals surface area contributed by atoms with Gasteiger partial charge in [-0.2, -0.15) is 0 Å². The quantitative estimate of drug-likeness (QED) is 0.870. The van der Waals surface area contributed by atoms with Crippen LogP contribution in [-0.4, -0.2) is 26.9 Å². The summed E-state index contributed by atoms with van der Waals surface area (Å²) in [5, 5.41) is 3.61. The van der Waals surface area contributed by atoms with E-state index in [9.17, 15) is 0 Å². The van der Waals surface area contributed by atoms with Crippen molar-refractivity contribution < 1.29 is 9.47 Å². The van der Waals surface area contributed by atoms with Gasteiger partial charge in [0.25, 0.3) is 0 Å². The van der Waals surface area contributed by atoms with E-state index in [1.807, 2.05) is 12.1 Å². The van der Waals surface area contributed by atoms with Crippen LogP contribution in [0.15, 0.2) is 24.3 Å². The molecule has 2 rings (SSSR count). The fourth-order valence-corrected chi connectivity index (χ4v) is 2.43. The van der Waals surface area contributed by atoms with Crippen LogP contribution < -0.4 is 10.1 Å². The van der Waals surface area contributed by atoms with E-state index < -0.39 is 0 Å².